The highest BCUT2D eigenvalue weighted by molar-refractivity contribution is 9.10. The van der Waals surface area contributed by atoms with Crippen LogP contribution in [0.15, 0.2) is 34.8 Å². The Morgan fingerprint density at radius 1 is 1.25 bits per heavy atom. The fourth-order valence-electron chi connectivity index (χ4n) is 1.71. The zero-order chi connectivity index (χ0) is 11.7. The second kappa shape index (κ2) is 4.65. The zero-order valence-corrected chi connectivity index (χ0v) is 11.1. The molecule has 0 amide bonds. The summed E-state index contributed by atoms with van der Waals surface area (Å²) in [4.78, 5) is 0. The highest BCUT2D eigenvalue weighted by Gasteiger charge is 2.02. The van der Waals surface area contributed by atoms with Crippen molar-refractivity contribution in [2.75, 3.05) is 0 Å². The summed E-state index contributed by atoms with van der Waals surface area (Å²) >= 11 is 1.38. The normalized spacial score (nSPS) is 12.9. The van der Waals surface area contributed by atoms with E-state index in [1.165, 1.54) is 0 Å². The first kappa shape index (κ1) is 11.8. The van der Waals surface area contributed by atoms with Gasteiger partial charge in [-0.05, 0) is 41.0 Å². The maximum atomic E-state index is 10.7. The number of fused-ring (bicyclic) bond motifs is 1. The summed E-state index contributed by atoms with van der Waals surface area (Å²) in [5.74, 6) is 0.0812. The van der Waals surface area contributed by atoms with Crippen LogP contribution in [-0.2, 0) is 16.8 Å². The van der Waals surface area contributed by atoms with Gasteiger partial charge >= 0.3 is 0 Å². The van der Waals surface area contributed by atoms with Crippen molar-refractivity contribution in [2.45, 2.75) is 12.7 Å². The van der Waals surface area contributed by atoms with E-state index in [0.29, 0.717) is 0 Å². The minimum absolute atomic E-state index is 0.0812. The molecule has 16 heavy (non-hydrogen) atoms. The van der Waals surface area contributed by atoms with Crippen molar-refractivity contribution in [3.8, 4) is 0 Å². The highest BCUT2D eigenvalue weighted by atomic mass is 79.9. The van der Waals surface area contributed by atoms with Crippen molar-refractivity contribution >= 4 is 37.8 Å². The van der Waals surface area contributed by atoms with E-state index in [-0.39, 0.29) is 5.75 Å². The van der Waals surface area contributed by atoms with Crippen LogP contribution in [0.1, 0.15) is 11.1 Å². The van der Waals surface area contributed by atoms with Crippen molar-refractivity contribution in [3.05, 3.63) is 45.9 Å². The Morgan fingerprint density at radius 2 is 2.00 bits per heavy atom. The molecule has 2 aromatic carbocycles. The molecule has 0 aliphatic rings. The van der Waals surface area contributed by atoms with Gasteiger partial charge in [0.05, 0.1) is 0 Å². The SMILES string of the molecule is Cc1cc2cc(Br)ccc2cc1CS(=O)[O-]. The number of halogens is 1. The standard InChI is InChI=1S/C12H11BrO2S/c1-8-4-10-6-12(13)3-2-9(10)5-11(8)7-16(14)15/h2-6H,7H2,1H3,(H,14,15)/p-1. The molecule has 1 unspecified atom stereocenters. The Bertz CT molecular complexity index is 566. The van der Waals surface area contributed by atoms with Gasteiger partial charge in [-0.1, -0.05) is 45.2 Å². The molecular formula is C12H10BrO2S-. The van der Waals surface area contributed by atoms with Gasteiger partial charge in [-0.25, -0.2) is 0 Å². The molecule has 2 nitrogen and oxygen atoms in total. The van der Waals surface area contributed by atoms with Crippen LogP contribution in [0.25, 0.3) is 10.8 Å². The Balaban J connectivity index is 2.58. The Kier molecular flexibility index (Phi) is 3.42. The first-order valence-corrected chi connectivity index (χ1v) is 6.84. The molecule has 0 spiro atoms. The predicted molar refractivity (Wildman–Crippen MR) is 69.0 cm³/mol. The van der Waals surface area contributed by atoms with Crippen LogP contribution in [0.3, 0.4) is 0 Å². The minimum atomic E-state index is -2.03. The molecule has 84 valence electrons. The van der Waals surface area contributed by atoms with Gasteiger partial charge in [-0.15, -0.1) is 0 Å². The summed E-state index contributed by atoms with van der Waals surface area (Å²) in [6, 6.07) is 9.92. The van der Waals surface area contributed by atoms with Crippen molar-refractivity contribution in [1.82, 2.24) is 0 Å². The summed E-state index contributed by atoms with van der Waals surface area (Å²) < 4.78 is 22.4. The topological polar surface area (TPSA) is 40.1 Å². The predicted octanol–water partition coefficient (Wildman–Crippen LogP) is 3.29. The summed E-state index contributed by atoms with van der Waals surface area (Å²) in [6.07, 6.45) is 0. The molecule has 0 saturated carbocycles. The summed E-state index contributed by atoms with van der Waals surface area (Å²) in [6.45, 7) is 1.93. The van der Waals surface area contributed by atoms with Crippen LogP contribution in [0.2, 0.25) is 0 Å². The maximum Gasteiger partial charge on any atom is 0.0356 e. The smallest absolute Gasteiger partial charge is 0.0356 e. The summed E-state index contributed by atoms with van der Waals surface area (Å²) in [5, 5.41) is 2.18. The Morgan fingerprint density at radius 3 is 2.69 bits per heavy atom. The first-order chi connectivity index (χ1) is 7.56. The first-order valence-electron chi connectivity index (χ1n) is 4.81. The van der Waals surface area contributed by atoms with Crippen LogP contribution >= 0.6 is 15.9 Å². The fraction of sp³-hybridized carbons (Fsp3) is 0.167. The lowest BCUT2D eigenvalue weighted by Gasteiger charge is -2.10. The number of aryl methyl sites for hydroxylation is 1. The molecule has 0 saturated heterocycles. The molecule has 2 aromatic rings. The molecule has 0 aromatic heterocycles. The quantitative estimate of drug-likeness (QED) is 0.798. The monoisotopic (exact) mass is 297 g/mol. The van der Waals surface area contributed by atoms with Gasteiger partial charge in [0.25, 0.3) is 0 Å². The van der Waals surface area contributed by atoms with Gasteiger partial charge in [0.1, 0.15) is 0 Å². The molecule has 0 N–H and O–H groups in total. The third-order valence-electron chi connectivity index (χ3n) is 2.53. The Hall–Kier alpha value is -0.710. The van der Waals surface area contributed by atoms with E-state index in [1.54, 1.807) is 0 Å². The summed E-state index contributed by atoms with van der Waals surface area (Å²) in [5.41, 5.74) is 1.87. The van der Waals surface area contributed by atoms with E-state index in [0.717, 1.165) is 26.4 Å². The van der Waals surface area contributed by atoms with Crippen molar-refractivity contribution in [3.63, 3.8) is 0 Å². The largest absolute Gasteiger partial charge is 0.772 e. The van der Waals surface area contributed by atoms with E-state index in [1.807, 2.05) is 37.3 Å². The van der Waals surface area contributed by atoms with Gasteiger partial charge < -0.3 is 4.55 Å². The number of hydrogen-bond acceptors (Lipinski definition) is 2. The van der Waals surface area contributed by atoms with E-state index in [2.05, 4.69) is 15.9 Å². The van der Waals surface area contributed by atoms with Crippen LogP contribution < -0.4 is 0 Å². The van der Waals surface area contributed by atoms with Crippen LogP contribution in [0, 0.1) is 6.92 Å². The molecule has 0 aliphatic heterocycles. The van der Waals surface area contributed by atoms with Crippen LogP contribution in [0.4, 0.5) is 0 Å². The second-order valence-corrected chi connectivity index (χ2v) is 5.53. The van der Waals surface area contributed by atoms with E-state index in [4.69, 9.17) is 0 Å². The average molecular weight is 298 g/mol. The van der Waals surface area contributed by atoms with Gasteiger partial charge in [0.2, 0.25) is 0 Å². The van der Waals surface area contributed by atoms with Gasteiger partial charge in [-0.3, -0.25) is 4.21 Å². The molecule has 0 heterocycles. The van der Waals surface area contributed by atoms with Gasteiger partial charge in [0, 0.05) is 10.2 Å². The molecule has 0 fully saturated rings. The van der Waals surface area contributed by atoms with Crippen molar-refractivity contribution < 1.29 is 8.76 Å². The zero-order valence-electron chi connectivity index (χ0n) is 8.70. The second-order valence-electron chi connectivity index (χ2n) is 3.72. The van der Waals surface area contributed by atoms with Crippen LogP contribution in [-0.4, -0.2) is 8.76 Å². The third kappa shape index (κ3) is 2.51. The van der Waals surface area contributed by atoms with Crippen molar-refractivity contribution in [1.29, 1.82) is 0 Å². The number of benzene rings is 2. The van der Waals surface area contributed by atoms with Crippen molar-refractivity contribution in [2.24, 2.45) is 0 Å². The van der Waals surface area contributed by atoms with Crippen LogP contribution in [0.5, 0.6) is 0 Å². The van der Waals surface area contributed by atoms with Gasteiger partial charge in [-0.2, -0.15) is 0 Å². The molecule has 0 radical (unpaired) electrons. The minimum Gasteiger partial charge on any atom is -0.772 e. The van der Waals surface area contributed by atoms with E-state index < -0.39 is 11.1 Å². The third-order valence-corrected chi connectivity index (χ3v) is 3.57. The lowest BCUT2D eigenvalue weighted by molar-refractivity contribution is 0.536. The lowest BCUT2D eigenvalue weighted by atomic mass is 10.0. The fourth-order valence-corrected chi connectivity index (χ4v) is 2.66. The Labute approximate surface area is 105 Å². The molecule has 2 rings (SSSR count). The highest BCUT2D eigenvalue weighted by Crippen LogP contribution is 2.24. The molecule has 4 heteroatoms. The van der Waals surface area contributed by atoms with E-state index in [9.17, 15) is 8.76 Å². The molecular weight excluding hydrogens is 288 g/mol. The lowest BCUT2D eigenvalue weighted by Crippen LogP contribution is -1.96. The number of hydrogen-bond donors (Lipinski definition) is 0. The average Bonchev–Trinajstić information content (AvgIpc) is 2.19. The van der Waals surface area contributed by atoms with Gasteiger partial charge in [0.15, 0.2) is 0 Å². The molecule has 1 atom stereocenters. The van der Waals surface area contributed by atoms with E-state index >= 15 is 0 Å². The molecule has 0 aliphatic carbocycles. The summed E-state index contributed by atoms with van der Waals surface area (Å²) in [7, 11) is 0. The number of rotatable bonds is 2. The molecule has 0 bridgehead atoms. The maximum absolute atomic E-state index is 10.7.